The molecule has 0 spiro atoms. The zero-order valence-electron chi connectivity index (χ0n) is 29.6. The van der Waals surface area contributed by atoms with Gasteiger partial charge in [-0.1, -0.05) is 74.5 Å². The van der Waals surface area contributed by atoms with Crippen molar-refractivity contribution in [2.24, 2.45) is 0 Å². The summed E-state index contributed by atoms with van der Waals surface area (Å²) in [5.41, 5.74) is 3.23. The molecule has 0 aliphatic carbocycles. The van der Waals surface area contributed by atoms with E-state index in [9.17, 15) is 40.2 Å². The Bertz CT molecular complexity index is 2180. The quantitative estimate of drug-likeness (QED) is 0.0577. The molecule has 0 heterocycles. The van der Waals surface area contributed by atoms with Crippen LogP contribution in [0.2, 0.25) is 0 Å². The van der Waals surface area contributed by atoms with Gasteiger partial charge in [0.25, 0.3) is 0 Å². The van der Waals surface area contributed by atoms with Gasteiger partial charge in [-0.3, -0.25) is 9.59 Å². The Hall–Kier alpha value is -6.02. The molecule has 6 aromatic rings. The van der Waals surface area contributed by atoms with Gasteiger partial charge < -0.3 is 30.6 Å². The molecular formula is C44H42O8. The molecule has 0 aromatic heterocycles. The predicted molar refractivity (Wildman–Crippen MR) is 203 cm³/mol. The SMILES string of the molecule is Cc1cc2c(C(=O)CCC(C)c3ccccc3)c(O)c(O)cc2c(O)c1-c1c(C)cc2c(C(=O)CC[C@@H](C)c3ccccc3)c(O)c(O)cc2c1O. The Labute approximate surface area is 301 Å². The highest BCUT2D eigenvalue weighted by Crippen LogP contribution is 2.51. The van der Waals surface area contributed by atoms with Crippen molar-refractivity contribution < 1.29 is 40.2 Å². The number of hydrogen-bond acceptors (Lipinski definition) is 8. The van der Waals surface area contributed by atoms with Crippen LogP contribution in [0, 0.1) is 13.8 Å². The summed E-state index contributed by atoms with van der Waals surface area (Å²) in [5, 5.41) is 67.5. The third-order valence-electron chi connectivity index (χ3n) is 10.3. The van der Waals surface area contributed by atoms with Crippen LogP contribution in [0.5, 0.6) is 34.5 Å². The van der Waals surface area contributed by atoms with E-state index >= 15 is 0 Å². The minimum absolute atomic E-state index is 0.0615. The molecule has 1 unspecified atom stereocenters. The molecule has 2 atom stereocenters. The van der Waals surface area contributed by atoms with E-state index in [0.29, 0.717) is 24.0 Å². The van der Waals surface area contributed by atoms with Gasteiger partial charge in [0.2, 0.25) is 0 Å². The summed E-state index contributed by atoms with van der Waals surface area (Å²) in [6.07, 6.45) is 1.14. The van der Waals surface area contributed by atoms with Crippen LogP contribution >= 0.6 is 0 Å². The smallest absolute Gasteiger partial charge is 0.169 e. The average molecular weight is 699 g/mol. The summed E-state index contributed by atoms with van der Waals surface area (Å²) in [6, 6.07) is 25.1. The number of rotatable bonds is 11. The fraction of sp³-hybridized carbons (Fsp3) is 0.227. The topological polar surface area (TPSA) is 156 Å². The Morgan fingerprint density at radius 3 is 1.19 bits per heavy atom. The zero-order chi connectivity index (χ0) is 37.4. The van der Waals surface area contributed by atoms with Crippen molar-refractivity contribution in [1.29, 1.82) is 0 Å². The molecule has 8 nitrogen and oxygen atoms in total. The average Bonchev–Trinajstić information content (AvgIpc) is 3.13. The largest absolute Gasteiger partial charge is 0.507 e. The van der Waals surface area contributed by atoms with Crippen molar-refractivity contribution in [3.8, 4) is 45.6 Å². The molecule has 0 radical (unpaired) electrons. The summed E-state index contributed by atoms with van der Waals surface area (Å²) < 4.78 is 0. The molecule has 6 aromatic carbocycles. The molecule has 0 saturated carbocycles. The van der Waals surface area contributed by atoms with E-state index in [1.165, 1.54) is 12.1 Å². The number of phenolic OH excluding ortho intramolecular Hbond substituents is 6. The lowest BCUT2D eigenvalue weighted by molar-refractivity contribution is 0.0968. The van der Waals surface area contributed by atoms with Crippen LogP contribution in [0.15, 0.2) is 84.9 Å². The molecule has 8 heteroatoms. The number of phenols is 6. The molecule has 0 amide bonds. The van der Waals surface area contributed by atoms with Crippen molar-refractivity contribution in [2.45, 2.75) is 65.2 Å². The van der Waals surface area contributed by atoms with E-state index in [0.717, 1.165) is 11.1 Å². The van der Waals surface area contributed by atoms with Gasteiger partial charge in [0.05, 0.1) is 11.1 Å². The molecule has 6 N–H and O–H groups in total. The summed E-state index contributed by atoms with van der Waals surface area (Å²) in [7, 11) is 0. The summed E-state index contributed by atoms with van der Waals surface area (Å²) in [5.74, 6) is -3.68. The van der Waals surface area contributed by atoms with Crippen LogP contribution in [0.4, 0.5) is 0 Å². The first-order valence-corrected chi connectivity index (χ1v) is 17.4. The first-order chi connectivity index (χ1) is 24.8. The fourth-order valence-electron chi connectivity index (χ4n) is 7.30. The highest BCUT2D eigenvalue weighted by atomic mass is 16.3. The maximum Gasteiger partial charge on any atom is 0.169 e. The number of carbonyl (C=O) groups excluding carboxylic acids is 2. The van der Waals surface area contributed by atoms with E-state index in [4.69, 9.17) is 0 Å². The highest BCUT2D eigenvalue weighted by Gasteiger charge is 2.28. The van der Waals surface area contributed by atoms with Crippen molar-refractivity contribution in [1.82, 2.24) is 0 Å². The molecule has 52 heavy (non-hydrogen) atoms. The molecule has 0 saturated heterocycles. The Balaban J connectivity index is 1.41. The van der Waals surface area contributed by atoms with Crippen molar-refractivity contribution in [2.75, 3.05) is 0 Å². The normalized spacial score (nSPS) is 12.6. The summed E-state index contributed by atoms with van der Waals surface area (Å²) in [6.45, 7) is 7.39. The van der Waals surface area contributed by atoms with Gasteiger partial charge in [0, 0.05) is 45.5 Å². The van der Waals surface area contributed by atoms with Gasteiger partial charge in [0.1, 0.15) is 11.5 Å². The minimum Gasteiger partial charge on any atom is -0.507 e. The maximum absolute atomic E-state index is 13.6. The third-order valence-corrected chi connectivity index (χ3v) is 10.3. The maximum atomic E-state index is 13.6. The van der Waals surface area contributed by atoms with Gasteiger partial charge in [-0.15, -0.1) is 0 Å². The van der Waals surface area contributed by atoms with Gasteiger partial charge in [0.15, 0.2) is 34.6 Å². The first kappa shape index (κ1) is 35.8. The third kappa shape index (κ3) is 6.48. The Morgan fingerprint density at radius 2 is 0.846 bits per heavy atom. The number of hydrogen-bond donors (Lipinski definition) is 6. The number of aryl methyl sites for hydroxylation is 2. The molecular weight excluding hydrogens is 656 g/mol. The van der Waals surface area contributed by atoms with Gasteiger partial charge in [-0.05, 0) is 85.0 Å². The van der Waals surface area contributed by atoms with Crippen molar-refractivity contribution in [3.05, 3.63) is 118 Å². The lowest BCUT2D eigenvalue weighted by atomic mass is 9.85. The van der Waals surface area contributed by atoms with Crippen LogP contribution in [0.1, 0.15) is 94.3 Å². The number of ketones is 2. The second kappa shape index (κ2) is 14.3. The lowest BCUT2D eigenvalue weighted by Crippen LogP contribution is -2.05. The monoisotopic (exact) mass is 698 g/mol. The van der Waals surface area contributed by atoms with E-state index in [2.05, 4.69) is 0 Å². The second-order valence-electron chi connectivity index (χ2n) is 13.8. The van der Waals surface area contributed by atoms with Gasteiger partial charge in [-0.25, -0.2) is 0 Å². The number of fused-ring (bicyclic) bond motifs is 2. The Kier molecular flexibility index (Phi) is 9.85. The molecule has 6 rings (SSSR count). The number of benzene rings is 6. The lowest BCUT2D eigenvalue weighted by Gasteiger charge is -2.20. The molecule has 0 aliphatic rings. The first-order valence-electron chi connectivity index (χ1n) is 17.4. The van der Waals surface area contributed by atoms with Crippen LogP contribution in [0.25, 0.3) is 32.7 Å². The summed E-state index contributed by atoms with van der Waals surface area (Å²) >= 11 is 0. The number of carbonyl (C=O) groups is 2. The molecule has 266 valence electrons. The molecule has 0 fully saturated rings. The van der Waals surface area contributed by atoms with Crippen LogP contribution in [0.3, 0.4) is 0 Å². The van der Waals surface area contributed by atoms with Crippen LogP contribution in [-0.4, -0.2) is 42.2 Å². The van der Waals surface area contributed by atoms with E-state index in [1.54, 1.807) is 26.0 Å². The summed E-state index contributed by atoms with van der Waals surface area (Å²) in [4.78, 5) is 27.3. The van der Waals surface area contributed by atoms with E-state index in [1.807, 2.05) is 74.5 Å². The van der Waals surface area contributed by atoms with E-state index < -0.39 is 34.6 Å². The molecule has 0 aliphatic heterocycles. The predicted octanol–water partition coefficient (Wildman–Crippen LogP) is 10.0. The zero-order valence-corrected chi connectivity index (χ0v) is 29.6. The van der Waals surface area contributed by atoms with Gasteiger partial charge >= 0.3 is 0 Å². The van der Waals surface area contributed by atoms with Crippen LogP contribution < -0.4 is 0 Å². The van der Waals surface area contributed by atoms with Crippen molar-refractivity contribution in [3.63, 3.8) is 0 Å². The van der Waals surface area contributed by atoms with Crippen molar-refractivity contribution >= 4 is 33.1 Å². The Morgan fingerprint density at radius 1 is 0.500 bits per heavy atom. The van der Waals surface area contributed by atoms with Crippen LogP contribution in [-0.2, 0) is 0 Å². The number of Topliss-reactive ketones (excluding diaryl/α,β-unsaturated/α-hetero) is 2. The highest BCUT2D eigenvalue weighted by molar-refractivity contribution is 6.16. The second-order valence-corrected chi connectivity index (χ2v) is 13.8. The standard InChI is InChI=1S/C44H42O8/c1-23(27-11-7-5-8-12-27)15-17-33(45)39-29-19-25(3)37(41(49)31(29)21-35(47)43(39)51)38-26(4)20-30-32(42(38)50)22-36(48)44(52)40(30)34(46)18-16-24(2)28-13-9-6-10-14-28/h5-14,19-24,47-52H,15-18H2,1-4H3/t23-,24?/m1/s1. The van der Waals surface area contributed by atoms with Gasteiger partial charge in [-0.2, -0.15) is 0 Å². The van der Waals surface area contributed by atoms with E-state index in [-0.39, 0.29) is 80.0 Å². The fourth-order valence-corrected chi connectivity index (χ4v) is 7.30. The minimum atomic E-state index is -0.582. The number of aromatic hydroxyl groups is 6. The molecule has 0 bridgehead atoms.